The number of anilines is 2. The van der Waals surface area contributed by atoms with Crippen LogP contribution < -0.4 is 9.80 Å². The highest BCUT2D eigenvalue weighted by Crippen LogP contribution is 2.32. The van der Waals surface area contributed by atoms with E-state index in [2.05, 4.69) is 67.2 Å². The largest absolute Gasteiger partial charge is 0.464 e. The Morgan fingerprint density at radius 2 is 1.07 bits per heavy atom. The van der Waals surface area contributed by atoms with Gasteiger partial charge >= 0.3 is 18.0 Å². The van der Waals surface area contributed by atoms with Gasteiger partial charge in [0.2, 0.25) is 0 Å². The molecule has 6 heterocycles. The third-order valence-electron chi connectivity index (χ3n) is 13.8. The van der Waals surface area contributed by atoms with E-state index in [1.807, 2.05) is 44.4 Å². The van der Waals surface area contributed by atoms with Crippen LogP contribution in [0.2, 0.25) is 5.02 Å². The number of aromatic nitrogens is 4. The summed E-state index contributed by atoms with van der Waals surface area (Å²) in [5.74, 6) is 0.783. The Hall–Kier alpha value is -5.13. The van der Waals surface area contributed by atoms with Crippen molar-refractivity contribution in [3.05, 3.63) is 70.0 Å². The fourth-order valence-electron chi connectivity index (χ4n) is 10.1. The van der Waals surface area contributed by atoms with Crippen molar-refractivity contribution < 1.29 is 33.4 Å². The van der Waals surface area contributed by atoms with Crippen molar-refractivity contribution in [2.45, 2.75) is 143 Å². The lowest BCUT2D eigenvalue weighted by molar-refractivity contribution is 0.00753. The fourth-order valence-corrected chi connectivity index (χ4v) is 10.3. The van der Waals surface area contributed by atoms with E-state index in [-0.39, 0.29) is 35.5 Å². The second-order valence-electron chi connectivity index (χ2n) is 19.6. The molecule has 4 atom stereocenters. The zero-order valence-electron chi connectivity index (χ0n) is 42.0. The average Bonchev–Trinajstić information content (AvgIpc) is 3.33. The Morgan fingerprint density at radius 1 is 0.662 bits per heavy atom. The topological polar surface area (TPSA) is 167 Å². The van der Waals surface area contributed by atoms with Gasteiger partial charge in [-0.25, -0.2) is 34.3 Å². The number of carbonyl (C=O) groups is 4. The molecular formula is C50H73ClN10O7. The first kappa shape index (κ1) is 52.2. The number of rotatable bonds is 9. The third kappa shape index (κ3) is 12.5. The van der Waals surface area contributed by atoms with E-state index in [0.717, 1.165) is 114 Å². The molecule has 4 aliphatic rings. The number of esters is 2. The predicted molar refractivity (Wildman–Crippen MR) is 263 cm³/mol. The van der Waals surface area contributed by atoms with Crippen molar-refractivity contribution in [3.8, 4) is 0 Å². The van der Waals surface area contributed by atoms with Gasteiger partial charge in [-0.05, 0) is 111 Å². The van der Waals surface area contributed by atoms with Crippen molar-refractivity contribution in [2.75, 3.05) is 76.4 Å². The molecule has 2 amide bonds. The number of methoxy groups -OCH3 is 2. The Balaban J connectivity index is 0.000000224. The molecule has 4 saturated heterocycles. The van der Waals surface area contributed by atoms with Crippen molar-refractivity contribution in [2.24, 2.45) is 0 Å². The molecule has 0 spiro atoms. The first-order valence-electron chi connectivity index (χ1n) is 24.3. The van der Waals surface area contributed by atoms with Gasteiger partial charge in [0.25, 0.3) is 5.91 Å². The molecule has 1 aromatic carbocycles. The highest BCUT2D eigenvalue weighted by Gasteiger charge is 2.40. The number of amides is 2. The second-order valence-corrected chi connectivity index (χ2v) is 20.0. The highest BCUT2D eigenvalue weighted by molar-refractivity contribution is 6.30. The number of piperazine rings is 2. The number of piperidine rings is 2. The number of benzene rings is 1. The summed E-state index contributed by atoms with van der Waals surface area (Å²) in [6.45, 7) is 24.9. The van der Waals surface area contributed by atoms with E-state index >= 15 is 0 Å². The van der Waals surface area contributed by atoms with Gasteiger partial charge < -0.3 is 33.8 Å². The lowest BCUT2D eigenvalue weighted by Gasteiger charge is -2.50. The van der Waals surface area contributed by atoms with Crippen LogP contribution in [0.4, 0.5) is 16.4 Å². The molecule has 2 aromatic heterocycles. The van der Waals surface area contributed by atoms with Crippen LogP contribution in [0.15, 0.2) is 36.7 Å². The number of hydrogen-bond donors (Lipinski definition) is 0. The van der Waals surface area contributed by atoms with Gasteiger partial charge in [0, 0.05) is 99.2 Å². The number of aryl methyl sites for hydroxylation is 2. The number of ether oxygens (including phenoxy) is 3. The molecule has 0 N–H and O–H groups in total. The van der Waals surface area contributed by atoms with E-state index in [4.69, 9.17) is 25.8 Å². The first-order chi connectivity index (χ1) is 32.4. The number of likely N-dealkylation sites (tertiary alicyclic amines) is 2. The maximum absolute atomic E-state index is 12.9. The minimum atomic E-state index is -0.475. The molecule has 4 fully saturated rings. The van der Waals surface area contributed by atoms with E-state index in [9.17, 15) is 19.2 Å². The molecule has 372 valence electrons. The van der Waals surface area contributed by atoms with Crippen molar-refractivity contribution in [1.29, 1.82) is 0 Å². The normalized spacial score (nSPS) is 22.3. The molecule has 4 aliphatic heterocycles. The van der Waals surface area contributed by atoms with Crippen LogP contribution in [0, 0.1) is 13.8 Å². The smallest absolute Gasteiger partial charge is 0.410 e. The minimum Gasteiger partial charge on any atom is -0.464 e. The summed E-state index contributed by atoms with van der Waals surface area (Å²) in [5, 5.41) is 0.639. The van der Waals surface area contributed by atoms with E-state index in [0.29, 0.717) is 34.8 Å². The fraction of sp³-hybridized carbons (Fsp3) is 0.640. The summed E-state index contributed by atoms with van der Waals surface area (Å²) in [7, 11) is 2.69. The van der Waals surface area contributed by atoms with E-state index in [1.165, 1.54) is 26.6 Å². The van der Waals surface area contributed by atoms with Crippen LogP contribution in [0.3, 0.4) is 0 Å². The summed E-state index contributed by atoms with van der Waals surface area (Å²) >= 11 is 5.97. The summed E-state index contributed by atoms with van der Waals surface area (Å²) in [6.07, 6.45) is 8.69. The Bertz CT molecular complexity index is 2210. The van der Waals surface area contributed by atoms with Gasteiger partial charge in [0.15, 0.2) is 11.4 Å². The molecule has 18 heteroatoms. The lowest BCUT2D eigenvalue weighted by Crippen LogP contribution is -2.62. The summed E-state index contributed by atoms with van der Waals surface area (Å²) in [5.41, 5.74) is 2.15. The minimum absolute atomic E-state index is 0.0785. The van der Waals surface area contributed by atoms with Crippen molar-refractivity contribution in [1.82, 2.24) is 39.5 Å². The van der Waals surface area contributed by atoms with Crippen LogP contribution >= 0.6 is 11.6 Å². The second kappa shape index (κ2) is 23.0. The molecule has 68 heavy (non-hydrogen) atoms. The summed E-state index contributed by atoms with van der Waals surface area (Å²) in [6, 6.07) is 9.32. The predicted octanol–water partition coefficient (Wildman–Crippen LogP) is 7.08. The standard InChI is InChI=1S/C26H34ClN5O3.C24H39N5O4/c1-5-21-16-31(24-18(3)29-23(14-28-24)26(34)35-4)17(2)15-32(21)22-10-12-30(13-11-22)25(33)19-6-8-20(27)9-7-19;1-8-18-15-28(21-17(3)26-20(13-25-21)22(30)32-7)16(2)14-29(18)19-9-11-27(12-10-19)23(31)33-24(4,5)6/h6-9,14,17,21-22H,5,10-13,15-16H2,1-4H3;13,16,18-19H,8-12,14-15H2,1-7H3/t17-,21+;16-,18+/m11/s1. The summed E-state index contributed by atoms with van der Waals surface area (Å²) < 4.78 is 15.1. The molecule has 7 rings (SSSR count). The van der Waals surface area contributed by atoms with Gasteiger partial charge in [-0.1, -0.05) is 25.4 Å². The molecular weight excluding hydrogens is 888 g/mol. The van der Waals surface area contributed by atoms with Gasteiger partial charge in [-0.2, -0.15) is 0 Å². The third-order valence-corrected chi connectivity index (χ3v) is 14.0. The molecule has 0 bridgehead atoms. The van der Waals surface area contributed by atoms with E-state index in [1.54, 1.807) is 24.3 Å². The monoisotopic (exact) mass is 961 g/mol. The zero-order chi connectivity index (χ0) is 49.4. The number of carbonyl (C=O) groups excluding carboxylic acids is 4. The average molecular weight is 962 g/mol. The van der Waals surface area contributed by atoms with Gasteiger partial charge in [0.1, 0.15) is 17.2 Å². The maximum Gasteiger partial charge on any atom is 0.410 e. The molecule has 0 aliphatic carbocycles. The van der Waals surface area contributed by atoms with Crippen LogP contribution in [0.25, 0.3) is 0 Å². The van der Waals surface area contributed by atoms with E-state index < -0.39 is 17.5 Å². The number of hydrogen-bond acceptors (Lipinski definition) is 15. The van der Waals surface area contributed by atoms with Gasteiger partial charge in [0.05, 0.1) is 38.0 Å². The van der Waals surface area contributed by atoms with Crippen LogP contribution in [-0.2, 0) is 14.2 Å². The number of halogens is 1. The SMILES string of the molecule is CC[C@H]1CN(c2ncc(C(=O)OC)nc2C)[C@H](C)CN1C1CCN(C(=O)OC(C)(C)C)CC1.CC[C@H]1CN(c2ncc(C(=O)OC)nc2C)[C@H](C)CN1C1CCN(C(=O)c2ccc(Cl)cc2)CC1. The quantitative estimate of drug-likeness (QED) is 0.158. The molecule has 17 nitrogen and oxygen atoms in total. The van der Waals surface area contributed by atoms with Gasteiger partial charge in [-0.3, -0.25) is 14.6 Å². The Labute approximate surface area is 407 Å². The Morgan fingerprint density at radius 3 is 1.44 bits per heavy atom. The van der Waals surface area contributed by atoms with Crippen LogP contribution in [0.1, 0.15) is 130 Å². The van der Waals surface area contributed by atoms with Crippen LogP contribution in [-0.4, -0.2) is 172 Å². The highest BCUT2D eigenvalue weighted by atomic mass is 35.5. The van der Waals surface area contributed by atoms with Gasteiger partial charge in [-0.15, -0.1) is 0 Å². The van der Waals surface area contributed by atoms with Crippen molar-refractivity contribution in [3.63, 3.8) is 0 Å². The molecule has 0 saturated carbocycles. The molecule has 0 radical (unpaired) electrons. The van der Waals surface area contributed by atoms with Crippen molar-refractivity contribution >= 4 is 47.2 Å². The van der Waals surface area contributed by atoms with Crippen LogP contribution in [0.5, 0.6) is 0 Å². The first-order valence-corrected chi connectivity index (χ1v) is 24.6. The number of nitrogens with zero attached hydrogens (tertiary/aromatic N) is 10. The Kier molecular flexibility index (Phi) is 17.7. The zero-order valence-corrected chi connectivity index (χ0v) is 42.8. The summed E-state index contributed by atoms with van der Waals surface area (Å²) in [4.78, 5) is 80.6. The molecule has 0 unspecified atom stereocenters. The lowest BCUT2D eigenvalue weighted by atomic mass is 9.96. The maximum atomic E-state index is 12.9. The molecule has 3 aromatic rings.